The third-order valence-electron chi connectivity index (χ3n) is 4.24. The van der Waals surface area contributed by atoms with Crippen LogP contribution in [0, 0.1) is 6.92 Å². The molecule has 0 aliphatic heterocycles. The number of aromatic nitrogens is 3. The smallest absolute Gasteiger partial charge is 0.276 e. The minimum Gasteiger partial charge on any atom is -0.489 e. The topological polar surface area (TPSA) is 73.4 Å². The SMILES string of the molecule is CCn1ncc(Br)c1CN(C)C(=O)c1noc(C)c1COc1ccccc1. The number of para-hydroxylation sites is 1. The molecule has 3 rings (SSSR count). The van der Waals surface area contributed by atoms with Crippen LogP contribution in [0.3, 0.4) is 0 Å². The van der Waals surface area contributed by atoms with E-state index in [0.717, 1.165) is 22.5 Å². The minimum atomic E-state index is -0.228. The maximum atomic E-state index is 12.9. The van der Waals surface area contributed by atoms with Crippen LogP contribution >= 0.6 is 15.9 Å². The van der Waals surface area contributed by atoms with Crippen LogP contribution in [0.1, 0.15) is 34.4 Å². The fraction of sp³-hybridized carbons (Fsp3) is 0.316. The molecule has 0 saturated heterocycles. The van der Waals surface area contributed by atoms with E-state index in [-0.39, 0.29) is 18.2 Å². The predicted molar refractivity (Wildman–Crippen MR) is 103 cm³/mol. The minimum absolute atomic E-state index is 0.213. The number of amides is 1. The highest BCUT2D eigenvalue weighted by molar-refractivity contribution is 9.10. The first-order chi connectivity index (χ1) is 13.0. The highest BCUT2D eigenvalue weighted by Gasteiger charge is 2.24. The van der Waals surface area contributed by atoms with Gasteiger partial charge in [0.2, 0.25) is 0 Å². The maximum Gasteiger partial charge on any atom is 0.276 e. The van der Waals surface area contributed by atoms with Crippen LogP contribution in [-0.4, -0.2) is 32.8 Å². The summed E-state index contributed by atoms with van der Waals surface area (Å²) in [6.07, 6.45) is 1.73. The van der Waals surface area contributed by atoms with E-state index < -0.39 is 0 Å². The Kier molecular flexibility index (Phi) is 5.95. The van der Waals surface area contributed by atoms with Crippen molar-refractivity contribution in [1.82, 2.24) is 19.8 Å². The molecule has 2 heterocycles. The van der Waals surface area contributed by atoms with E-state index in [2.05, 4.69) is 26.2 Å². The van der Waals surface area contributed by atoms with Gasteiger partial charge in [0, 0.05) is 13.6 Å². The summed E-state index contributed by atoms with van der Waals surface area (Å²) in [5, 5.41) is 8.24. The summed E-state index contributed by atoms with van der Waals surface area (Å²) in [5.74, 6) is 1.07. The number of rotatable bonds is 7. The van der Waals surface area contributed by atoms with Crippen LogP contribution in [-0.2, 0) is 19.7 Å². The molecule has 0 aliphatic carbocycles. The normalized spacial score (nSPS) is 10.8. The van der Waals surface area contributed by atoms with Crippen molar-refractivity contribution in [3.05, 3.63) is 63.7 Å². The van der Waals surface area contributed by atoms with Gasteiger partial charge in [-0.25, -0.2) is 0 Å². The van der Waals surface area contributed by atoms with E-state index in [1.807, 2.05) is 41.9 Å². The number of hydrogen-bond donors (Lipinski definition) is 0. The Labute approximate surface area is 166 Å². The summed E-state index contributed by atoms with van der Waals surface area (Å²) < 4.78 is 13.7. The van der Waals surface area contributed by atoms with E-state index in [1.165, 1.54) is 0 Å². The quantitative estimate of drug-likeness (QED) is 0.567. The summed E-state index contributed by atoms with van der Waals surface area (Å²) in [5.41, 5.74) is 1.85. The molecule has 0 atom stereocenters. The molecule has 0 saturated carbocycles. The maximum absolute atomic E-state index is 12.9. The van der Waals surface area contributed by atoms with Gasteiger partial charge in [0.05, 0.1) is 28.5 Å². The van der Waals surface area contributed by atoms with E-state index in [9.17, 15) is 4.79 Å². The zero-order chi connectivity index (χ0) is 19.4. The lowest BCUT2D eigenvalue weighted by Crippen LogP contribution is -2.29. The summed E-state index contributed by atoms with van der Waals surface area (Å²) in [6, 6.07) is 9.43. The Morgan fingerprint density at radius 1 is 1.33 bits per heavy atom. The predicted octanol–water partition coefficient (Wildman–Crippen LogP) is 3.81. The third-order valence-corrected chi connectivity index (χ3v) is 4.91. The molecule has 142 valence electrons. The van der Waals surface area contributed by atoms with Gasteiger partial charge in [-0.15, -0.1) is 0 Å². The Hall–Kier alpha value is -2.61. The Balaban J connectivity index is 1.75. The fourth-order valence-electron chi connectivity index (χ4n) is 2.70. The van der Waals surface area contributed by atoms with Gasteiger partial charge in [-0.05, 0) is 41.9 Å². The molecule has 0 radical (unpaired) electrons. The Morgan fingerprint density at radius 2 is 2.07 bits per heavy atom. The second-order valence-corrected chi connectivity index (χ2v) is 6.94. The number of aryl methyl sites for hydroxylation is 2. The van der Waals surface area contributed by atoms with Crippen LogP contribution in [0.25, 0.3) is 0 Å². The summed E-state index contributed by atoms with van der Waals surface area (Å²) >= 11 is 3.49. The summed E-state index contributed by atoms with van der Waals surface area (Å²) in [7, 11) is 1.73. The van der Waals surface area contributed by atoms with E-state index in [4.69, 9.17) is 9.26 Å². The van der Waals surface area contributed by atoms with Crippen molar-refractivity contribution < 1.29 is 14.1 Å². The molecule has 2 aromatic heterocycles. The number of carbonyl (C=O) groups excluding carboxylic acids is 1. The molecule has 27 heavy (non-hydrogen) atoms. The van der Waals surface area contributed by atoms with Crippen molar-refractivity contribution in [3.63, 3.8) is 0 Å². The third kappa shape index (κ3) is 4.21. The second kappa shape index (κ2) is 8.39. The van der Waals surface area contributed by atoms with Crippen LogP contribution in [0.4, 0.5) is 0 Å². The van der Waals surface area contributed by atoms with Gasteiger partial charge >= 0.3 is 0 Å². The van der Waals surface area contributed by atoms with Crippen molar-refractivity contribution >= 4 is 21.8 Å². The molecule has 0 unspecified atom stereocenters. The zero-order valence-electron chi connectivity index (χ0n) is 15.5. The van der Waals surface area contributed by atoms with Crippen molar-refractivity contribution in [1.29, 1.82) is 0 Å². The molecule has 1 aromatic carbocycles. The number of nitrogens with zero attached hydrogens (tertiary/aromatic N) is 4. The van der Waals surface area contributed by atoms with Crippen molar-refractivity contribution in [2.24, 2.45) is 0 Å². The average molecular weight is 433 g/mol. The van der Waals surface area contributed by atoms with Gasteiger partial charge in [0.25, 0.3) is 5.91 Å². The van der Waals surface area contributed by atoms with E-state index in [0.29, 0.717) is 17.9 Å². The van der Waals surface area contributed by atoms with Crippen LogP contribution in [0.5, 0.6) is 5.75 Å². The molecule has 0 spiro atoms. The van der Waals surface area contributed by atoms with Crippen LogP contribution in [0.15, 0.2) is 45.5 Å². The Bertz CT molecular complexity index is 920. The standard InChI is InChI=1S/C19H21BrN4O3/c1-4-24-17(16(20)10-21-24)11-23(3)19(25)18-15(13(2)27-22-18)12-26-14-8-6-5-7-9-14/h5-10H,4,11-12H2,1-3H3. The highest BCUT2D eigenvalue weighted by Crippen LogP contribution is 2.21. The number of hydrogen-bond acceptors (Lipinski definition) is 5. The number of benzene rings is 1. The fourth-order valence-corrected chi connectivity index (χ4v) is 3.12. The molecule has 0 fully saturated rings. The first kappa shape index (κ1) is 19.2. The lowest BCUT2D eigenvalue weighted by atomic mass is 10.2. The number of ether oxygens (including phenoxy) is 1. The highest BCUT2D eigenvalue weighted by atomic mass is 79.9. The average Bonchev–Trinajstić information content (AvgIpc) is 3.22. The van der Waals surface area contributed by atoms with Gasteiger partial charge in [-0.1, -0.05) is 23.4 Å². The van der Waals surface area contributed by atoms with Crippen LogP contribution in [0.2, 0.25) is 0 Å². The summed E-state index contributed by atoms with van der Waals surface area (Å²) in [4.78, 5) is 14.5. The van der Waals surface area contributed by atoms with E-state index >= 15 is 0 Å². The van der Waals surface area contributed by atoms with Gasteiger partial charge in [-0.3, -0.25) is 9.48 Å². The second-order valence-electron chi connectivity index (χ2n) is 6.08. The zero-order valence-corrected chi connectivity index (χ0v) is 17.1. The van der Waals surface area contributed by atoms with Crippen LogP contribution < -0.4 is 4.74 Å². The lowest BCUT2D eigenvalue weighted by molar-refractivity contribution is 0.0768. The van der Waals surface area contributed by atoms with Crippen molar-refractivity contribution in [2.45, 2.75) is 33.5 Å². The molecule has 7 nitrogen and oxygen atoms in total. The molecular formula is C19H21BrN4O3. The van der Waals surface area contributed by atoms with Gasteiger partial charge in [0.15, 0.2) is 5.69 Å². The first-order valence-electron chi connectivity index (χ1n) is 8.59. The first-order valence-corrected chi connectivity index (χ1v) is 9.39. The van der Waals surface area contributed by atoms with Gasteiger partial charge in [0.1, 0.15) is 18.1 Å². The molecule has 0 aliphatic rings. The van der Waals surface area contributed by atoms with Gasteiger partial charge in [-0.2, -0.15) is 5.10 Å². The molecule has 8 heteroatoms. The number of halogens is 1. The largest absolute Gasteiger partial charge is 0.489 e. The molecular weight excluding hydrogens is 412 g/mol. The molecule has 0 bridgehead atoms. The molecule has 0 N–H and O–H groups in total. The van der Waals surface area contributed by atoms with Gasteiger partial charge < -0.3 is 14.2 Å². The monoisotopic (exact) mass is 432 g/mol. The van der Waals surface area contributed by atoms with Crippen molar-refractivity contribution in [2.75, 3.05) is 7.05 Å². The molecule has 1 amide bonds. The Morgan fingerprint density at radius 3 is 2.78 bits per heavy atom. The summed E-state index contributed by atoms with van der Waals surface area (Å²) in [6.45, 7) is 5.12. The molecule has 3 aromatic rings. The van der Waals surface area contributed by atoms with E-state index in [1.54, 1.807) is 25.1 Å². The number of carbonyl (C=O) groups is 1. The van der Waals surface area contributed by atoms with Crippen molar-refractivity contribution in [3.8, 4) is 5.75 Å². The lowest BCUT2D eigenvalue weighted by Gasteiger charge is -2.17.